The summed E-state index contributed by atoms with van der Waals surface area (Å²) in [6.07, 6.45) is 0. The van der Waals surface area contributed by atoms with E-state index in [1.54, 1.807) is 18.2 Å². The average molecular weight is 434 g/mol. The van der Waals surface area contributed by atoms with Gasteiger partial charge in [0.1, 0.15) is 22.2 Å². The summed E-state index contributed by atoms with van der Waals surface area (Å²) in [5.74, 6) is 0.648. The Morgan fingerprint density at radius 2 is 1.79 bits per heavy atom. The average Bonchev–Trinajstić information content (AvgIpc) is 3.06. The highest BCUT2D eigenvalue weighted by molar-refractivity contribution is 7.89. The molecular formula is C18H18N4O5S2. The number of carbonyl (C=O) groups is 1. The molecule has 3 rings (SSSR count). The largest absolute Gasteiger partial charge is 0.497 e. The van der Waals surface area contributed by atoms with Gasteiger partial charge >= 0.3 is 0 Å². The Morgan fingerprint density at radius 3 is 2.38 bits per heavy atom. The SMILES string of the molecule is COc1ccc(C(=O)c2sc(Nc3ccc(S(N)(=O)=O)cc3)nc2N)c(OC)c1. The Labute approximate surface area is 171 Å². The van der Waals surface area contributed by atoms with Crippen molar-refractivity contribution in [1.82, 2.24) is 4.98 Å². The van der Waals surface area contributed by atoms with Crippen LogP contribution in [0.25, 0.3) is 0 Å². The van der Waals surface area contributed by atoms with Crippen LogP contribution >= 0.6 is 11.3 Å². The molecule has 0 amide bonds. The van der Waals surface area contributed by atoms with Gasteiger partial charge in [-0.05, 0) is 36.4 Å². The van der Waals surface area contributed by atoms with E-state index in [0.717, 1.165) is 11.3 Å². The molecule has 0 fully saturated rings. The Bertz CT molecular complexity index is 1160. The van der Waals surface area contributed by atoms with Gasteiger partial charge < -0.3 is 20.5 Å². The van der Waals surface area contributed by atoms with Crippen molar-refractivity contribution in [2.24, 2.45) is 5.14 Å². The number of nitrogens with two attached hydrogens (primary N) is 2. The zero-order valence-corrected chi connectivity index (χ0v) is 17.1. The molecule has 5 N–H and O–H groups in total. The molecule has 3 aromatic rings. The number of benzene rings is 2. The molecule has 0 unspecified atom stereocenters. The van der Waals surface area contributed by atoms with E-state index in [9.17, 15) is 13.2 Å². The Kier molecular flexibility index (Phi) is 5.73. The molecule has 0 spiro atoms. The van der Waals surface area contributed by atoms with Crippen LogP contribution in [0.4, 0.5) is 16.6 Å². The lowest BCUT2D eigenvalue weighted by molar-refractivity contribution is 0.104. The molecule has 1 aromatic heterocycles. The molecule has 0 atom stereocenters. The lowest BCUT2D eigenvalue weighted by Crippen LogP contribution is -2.11. The van der Waals surface area contributed by atoms with Gasteiger partial charge in [0.25, 0.3) is 0 Å². The molecule has 0 aliphatic carbocycles. The zero-order chi connectivity index (χ0) is 21.2. The first kappa shape index (κ1) is 20.6. The number of methoxy groups -OCH3 is 2. The van der Waals surface area contributed by atoms with Crippen molar-refractivity contribution in [2.45, 2.75) is 4.90 Å². The topological polar surface area (TPSA) is 147 Å². The van der Waals surface area contributed by atoms with Gasteiger partial charge in [0.15, 0.2) is 5.13 Å². The van der Waals surface area contributed by atoms with Gasteiger partial charge in [-0.2, -0.15) is 0 Å². The second-order valence-electron chi connectivity index (χ2n) is 5.82. The monoisotopic (exact) mass is 434 g/mol. The van der Waals surface area contributed by atoms with Crippen LogP contribution in [-0.4, -0.2) is 33.4 Å². The van der Waals surface area contributed by atoms with Crippen molar-refractivity contribution in [2.75, 3.05) is 25.3 Å². The van der Waals surface area contributed by atoms with Crippen molar-refractivity contribution < 1.29 is 22.7 Å². The first-order valence-corrected chi connectivity index (χ1v) is 10.5. The molecule has 29 heavy (non-hydrogen) atoms. The molecule has 1 heterocycles. The molecular weight excluding hydrogens is 416 g/mol. The standard InChI is InChI=1S/C18H18N4O5S2/c1-26-11-5-8-13(14(9-11)27-2)15(23)16-17(19)22-18(28-16)21-10-3-6-12(7-4-10)29(20,24)25/h3-9H,19H2,1-2H3,(H,21,22)(H2,20,24,25). The van der Waals surface area contributed by atoms with Crippen LogP contribution in [0.15, 0.2) is 47.4 Å². The summed E-state index contributed by atoms with van der Waals surface area (Å²) >= 11 is 1.07. The number of anilines is 3. The summed E-state index contributed by atoms with van der Waals surface area (Å²) in [4.78, 5) is 17.3. The maximum Gasteiger partial charge on any atom is 0.238 e. The van der Waals surface area contributed by atoms with E-state index in [1.165, 1.54) is 38.5 Å². The second kappa shape index (κ2) is 8.07. The fraction of sp³-hybridized carbons (Fsp3) is 0.111. The molecule has 0 aliphatic heterocycles. The zero-order valence-electron chi connectivity index (χ0n) is 15.5. The van der Waals surface area contributed by atoms with Gasteiger partial charge in [0.2, 0.25) is 15.8 Å². The third kappa shape index (κ3) is 4.47. The van der Waals surface area contributed by atoms with E-state index < -0.39 is 10.0 Å². The lowest BCUT2D eigenvalue weighted by Gasteiger charge is -2.08. The van der Waals surface area contributed by atoms with E-state index in [2.05, 4.69) is 10.3 Å². The van der Waals surface area contributed by atoms with Gasteiger partial charge in [-0.25, -0.2) is 18.5 Å². The summed E-state index contributed by atoms with van der Waals surface area (Å²) in [5.41, 5.74) is 6.83. The summed E-state index contributed by atoms with van der Waals surface area (Å²) in [7, 11) is -0.798. The first-order valence-electron chi connectivity index (χ1n) is 8.16. The molecule has 152 valence electrons. The third-order valence-electron chi connectivity index (χ3n) is 3.95. The smallest absolute Gasteiger partial charge is 0.238 e. The summed E-state index contributed by atoms with van der Waals surface area (Å²) in [6.45, 7) is 0. The predicted molar refractivity (Wildman–Crippen MR) is 111 cm³/mol. The van der Waals surface area contributed by atoms with Gasteiger partial charge in [-0.15, -0.1) is 0 Å². The number of nitrogens with zero attached hydrogens (tertiary/aromatic N) is 1. The van der Waals surface area contributed by atoms with Crippen molar-refractivity contribution in [3.8, 4) is 11.5 Å². The fourth-order valence-corrected chi connectivity index (χ4v) is 3.88. The minimum absolute atomic E-state index is 0.0100. The third-order valence-corrected chi connectivity index (χ3v) is 5.86. The number of aromatic nitrogens is 1. The number of ketones is 1. The minimum Gasteiger partial charge on any atom is -0.497 e. The second-order valence-corrected chi connectivity index (χ2v) is 8.38. The number of primary sulfonamides is 1. The molecule has 2 aromatic carbocycles. The molecule has 0 saturated heterocycles. The van der Waals surface area contributed by atoms with E-state index in [0.29, 0.717) is 27.9 Å². The Hall–Kier alpha value is -3.15. The van der Waals surface area contributed by atoms with Gasteiger partial charge in [-0.3, -0.25) is 4.79 Å². The first-order chi connectivity index (χ1) is 13.7. The molecule has 9 nitrogen and oxygen atoms in total. The van der Waals surface area contributed by atoms with Crippen molar-refractivity contribution in [3.05, 3.63) is 52.9 Å². The van der Waals surface area contributed by atoms with Gasteiger partial charge in [0, 0.05) is 11.8 Å². The van der Waals surface area contributed by atoms with Crippen LogP contribution < -0.4 is 25.7 Å². The molecule has 0 bridgehead atoms. The summed E-state index contributed by atoms with van der Waals surface area (Å²) < 4.78 is 33.1. The van der Waals surface area contributed by atoms with Crippen LogP contribution in [0, 0.1) is 0 Å². The number of hydrogen-bond donors (Lipinski definition) is 3. The van der Waals surface area contributed by atoms with E-state index in [-0.39, 0.29) is 21.4 Å². The number of rotatable bonds is 7. The van der Waals surface area contributed by atoms with Crippen LogP contribution in [0.5, 0.6) is 11.5 Å². The van der Waals surface area contributed by atoms with Crippen LogP contribution in [0.3, 0.4) is 0 Å². The summed E-state index contributed by atoms with van der Waals surface area (Å²) in [6, 6.07) is 10.6. The number of nitrogen functional groups attached to an aromatic ring is 1. The maximum atomic E-state index is 12.9. The van der Waals surface area contributed by atoms with Crippen molar-refractivity contribution in [1.29, 1.82) is 0 Å². The maximum absolute atomic E-state index is 12.9. The highest BCUT2D eigenvalue weighted by Gasteiger charge is 2.22. The lowest BCUT2D eigenvalue weighted by atomic mass is 10.1. The molecule has 0 saturated carbocycles. The normalized spacial score (nSPS) is 11.1. The fourth-order valence-electron chi connectivity index (χ4n) is 2.51. The summed E-state index contributed by atoms with van der Waals surface area (Å²) in [5, 5.41) is 8.44. The number of hydrogen-bond acceptors (Lipinski definition) is 9. The highest BCUT2D eigenvalue weighted by atomic mass is 32.2. The van der Waals surface area contributed by atoms with Crippen molar-refractivity contribution >= 4 is 43.8 Å². The molecule has 0 radical (unpaired) electrons. The number of carbonyl (C=O) groups excluding carboxylic acids is 1. The Morgan fingerprint density at radius 1 is 1.10 bits per heavy atom. The van der Waals surface area contributed by atoms with Crippen molar-refractivity contribution in [3.63, 3.8) is 0 Å². The number of thiazole rings is 1. The van der Waals surface area contributed by atoms with E-state index in [4.69, 9.17) is 20.3 Å². The molecule has 11 heteroatoms. The quantitative estimate of drug-likeness (QED) is 0.480. The minimum atomic E-state index is -3.77. The Balaban J connectivity index is 1.86. The van der Waals surface area contributed by atoms with Crippen LogP contribution in [0.1, 0.15) is 15.2 Å². The predicted octanol–water partition coefficient (Wildman–Crippen LogP) is 2.36. The van der Waals surface area contributed by atoms with E-state index in [1.807, 2.05) is 0 Å². The number of ether oxygens (including phenoxy) is 2. The number of nitrogens with one attached hydrogen (secondary N) is 1. The highest BCUT2D eigenvalue weighted by Crippen LogP contribution is 2.33. The van der Waals surface area contributed by atoms with Gasteiger partial charge in [0.05, 0.1) is 24.7 Å². The molecule has 0 aliphatic rings. The van der Waals surface area contributed by atoms with Crippen LogP contribution in [0.2, 0.25) is 0 Å². The number of sulfonamides is 1. The van der Waals surface area contributed by atoms with Gasteiger partial charge in [-0.1, -0.05) is 11.3 Å². The van der Waals surface area contributed by atoms with E-state index >= 15 is 0 Å². The van der Waals surface area contributed by atoms with Crippen LogP contribution in [-0.2, 0) is 10.0 Å².